The summed E-state index contributed by atoms with van der Waals surface area (Å²) in [7, 11) is 0. The minimum Gasteiger partial charge on any atom is -0.378 e. The molecule has 5 heteroatoms. The third-order valence-electron chi connectivity index (χ3n) is 3.58. The highest BCUT2D eigenvalue weighted by atomic mass is 19.1. The van der Waals surface area contributed by atoms with Gasteiger partial charge in [0, 0.05) is 19.6 Å². The second kappa shape index (κ2) is 8.10. The zero-order valence-electron chi connectivity index (χ0n) is 12.5. The fourth-order valence-electron chi connectivity index (χ4n) is 2.50. The van der Waals surface area contributed by atoms with Gasteiger partial charge in [-0.05, 0) is 30.5 Å². The van der Waals surface area contributed by atoms with Gasteiger partial charge >= 0.3 is 0 Å². The van der Waals surface area contributed by atoms with E-state index in [0.717, 1.165) is 12.0 Å². The zero-order chi connectivity index (χ0) is 15.1. The molecule has 1 aliphatic heterocycles. The van der Waals surface area contributed by atoms with E-state index in [1.165, 1.54) is 12.1 Å². The fraction of sp³-hybridized carbons (Fsp3) is 0.562. The molecule has 4 nitrogen and oxygen atoms in total. The van der Waals surface area contributed by atoms with Gasteiger partial charge in [-0.15, -0.1) is 0 Å². The maximum atomic E-state index is 13.2. The smallest absolute Gasteiger partial charge is 0.242 e. The van der Waals surface area contributed by atoms with Gasteiger partial charge < -0.3 is 15.0 Å². The molecule has 1 atom stereocenters. The van der Waals surface area contributed by atoms with Gasteiger partial charge in [0.05, 0.1) is 13.2 Å². The van der Waals surface area contributed by atoms with Crippen LogP contribution in [0.3, 0.4) is 0 Å². The van der Waals surface area contributed by atoms with Gasteiger partial charge in [0.15, 0.2) is 0 Å². The quantitative estimate of drug-likeness (QED) is 0.866. The lowest BCUT2D eigenvalue weighted by atomic mass is 10.1. The van der Waals surface area contributed by atoms with Crippen LogP contribution in [-0.2, 0) is 16.0 Å². The number of ether oxygens (including phenoxy) is 1. The Morgan fingerprint density at radius 3 is 3.00 bits per heavy atom. The normalized spacial score (nSPS) is 18.5. The first kappa shape index (κ1) is 15.9. The first-order valence-electron chi connectivity index (χ1n) is 7.55. The molecule has 1 aliphatic rings. The van der Waals surface area contributed by atoms with Gasteiger partial charge in [-0.25, -0.2) is 4.39 Å². The number of benzene rings is 1. The summed E-state index contributed by atoms with van der Waals surface area (Å²) in [6.45, 7) is 5.16. The molecule has 1 saturated heterocycles. The molecule has 116 valence electrons. The van der Waals surface area contributed by atoms with Gasteiger partial charge in [0.25, 0.3) is 0 Å². The molecule has 0 radical (unpaired) electrons. The topological polar surface area (TPSA) is 41.6 Å². The van der Waals surface area contributed by atoms with Gasteiger partial charge in [-0.3, -0.25) is 4.79 Å². The predicted molar refractivity (Wildman–Crippen MR) is 79.6 cm³/mol. The standard InChI is InChI=1S/C16H23FN2O2/c1-2-8-19(16(20)15-12-21-10-7-18-15)9-6-13-4-3-5-14(17)11-13/h3-5,11,15,18H,2,6-10,12H2,1H3. The third kappa shape index (κ3) is 4.79. The first-order valence-corrected chi connectivity index (χ1v) is 7.55. The lowest BCUT2D eigenvalue weighted by Gasteiger charge is -2.30. The van der Waals surface area contributed by atoms with E-state index in [-0.39, 0.29) is 17.8 Å². The Kier molecular flexibility index (Phi) is 6.14. The highest BCUT2D eigenvalue weighted by molar-refractivity contribution is 5.82. The number of amides is 1. The van der Waals surface area contributed by atoms with E-state index in [1.807, 2.05) is 17.9 Å². The Hall–Kier alpha value is -1.46. The summed E-state index contributed by atoms with van der Waals surface area (Å²) in [5.41, 5.74) is 0.914. The van der Waals surface area contributed by atoms with Crippen LogP contribution in [0, 0.1) is 5.82 Å². The number of carbonyl (C=O) groups excluding carboxylic acids is 1. The van der Waals surface area contributed by atoms with Crippen molar-refractivity contribution in [3.05, 3.63) is 35.6 Å². The van der Waals surface area contributed by atoms with Crippen LogP contribution in [0.5, 0.6) is 0 Å². The number of halogens is 1. The van der Waals surface area contributed by atoms with Crippen LogP contribution >= 0.6 is 0 Å². The van der Waals surface area contributed by atoms with Crippen LogP contribution in [0.1, 0.15) is 18.9 Å². The molecule has 0 aliphatic carbocycles. The molecule has 1 fully saturated rings. The van der Waals surface area contributed by atoms with Crippen LogP contribution < -0.4 is 5.32 Å². The maximum absolute atomic E-state index is 13.2. The lowest BCUT2D eigenvalue weighted by Crippen LogP contribution is -2.53. The van der Waals surface area contributed by atoms with Gasteiger partial charge in [0.2, 0.25) is 5.91 Å². The van der Waals surface area contributed by atoms with Gasteiger partial charge in [-0.2, -0.15) is 0 Å². The van der Waals surface area contributed by atoms with Crippen molar-refractivity contribution < 1.29 is 13.9 Å². The summed E-state index contributed by atoms with van der Waals surface area (Å²) in [4.78, 5) is 14.3. The first-order chi connectivity index (χ1) is 10.2. The van der Waals surface area contributed by atoms with E-state index in [9.17, 15) is 9.18 Å². The molecule has 21 heavy (non-hydrogen) atoms. The number of nitrogens with one attached hydrogen (secondary N) is 1. The van der Waals surface area contributed by atoms with Gasteiger partial charge in [0.1, 0.15) is 11.9 Å². The Labute approximate surface area is 125 Å². The van der Waals surface area contributed by atoms with E-state index in [2.05, 4.69) is 5.32 Å². The highest BCUT2D eigenvalue weighted by Crippen LogP contribution is 2.07. The molecule has 1 heterocycles. The van der Waals surface area contributed by atoms with Crippen molar-refractivity contribution in [2.45, 2.75) is 25.8 Å². The van der Waals surface area contributed by atoms with Crippen molar-refractivity contribution in [3.8, 4) is 0 Å². The average molecular weight is 294 g/mol. The molecule has 1 unspecified atom stereocenters. The van der Waals surface area contributed by atoms with Crippen LogP contribution in [0.4, 0.5) is 4.39 Å². The van der Waals surface area contributed by atoms with Crippen LogP contribution in [-0.4, -0.2) is 49.7 Å². The van der Waals surface area contributed by atoms with Crippen LogP contribution in [0.2, 0.25) is 0 Å². The Balaban J connectivity index is 1.93. The van der Waals surface area contributed by atoms with Gasteiger partial charge in [-0.1, -0.05) is 19.1 Å². The Bertz CT molecular complexity index is 461. The molecule has 1 N–H and O–H groups in total. The number of nitrogens with zero attached hydrogens (tertiary/aromatic N) is 1. The predicted octanol–water partition coefficient (Wildman–Crippen LogP) is 1.60. The highest BCUT2D eigenvalue weighted by Gasteiger charge is 2.25. The summed E-state index contributed by atoms with van der Waals surface area (Å²) in [5.74, 6) is -0.156. The van der Waals surface area contributed by atoms with E-state index in [0.29, 0.717) is 39.3 Å². The number of carbonyl (C=O) groups is 1. The molecule has 0 aromatic heterocycles. The summed E-state index contributed by atoms with van der Waals surface area (Å²) < 4.78 is 18.5. The Morgan fingerprint density at radius 2 is 2.33 bits per heavy atom. The minimum absolute atomic E-state index is 0.0768. The average Bonchev–Trinajstić information content (AvgIpc) is 2.52. The summed E-state index contributed by atoms with van der Waals surface area (Å²) in [5, 5.41) is 3.19. The number of hydrogen-bond donors (Lipinski definition) is 1. The summed E-state index contributed by atoms with van der Waals surface area (Å²) in [6.07, 6.45) is 1.57. The van der Waals surface area contributed by atoms with Crippen LogP contribution in [0.15, 0.2) is 24.3 Å². The molecule has 1 aromatic carbocycles. The monoisotopic (exact) mass is 294 g/mol. The van der Waals surface area contributed by atoms with Crippen LogP contribution in [0.25, 0.3) is 0 Å². The largest absolute Gasteiger partial charge is 0.378 e. The molecule has 1 aromatic rings. The van der Waals surface area contributed by atoms with E-state index in [4.69, 9.17) is 4.74 Å². The van der Waals surface area contributed by atoms with E-state index < -0.39 is 0 Å². The zero-order valence-corrected chi connectivity index (χ0v) is 12.5. The lowest BCUT2D eigenvalue weighted by molar-refractivity contribution is -0.136. The van der Waals surface area contributed by atoms with E-state index >= 15 is 0 Å². The molecule has 1 amide bonds. The molecule has 0 saturated carbocycles. The Morgan fingerprint density at radius 1 is 1.48 bits per heavy atom. The maximum Gasteiger partial charge on any atom is 0.242 e. The second-order valence-corrected chi connectivity index (χ2v) is 5.29. The van der Waals surface area contributed by atoms with E-state index in [1.54, 1.807) is 6.07 Å². The van der Waals surface area contributed by atoms with Crippen molar-refractivity contribution in [1.82, 2.24) is 10.2 Å². The van der Waals surface area contributed by atoms with Crippen molar-refractivity contribution in [2.24, 2.45) is 0 Å². The molecule has 2 rings (SSSR count). The third-order valence-corrected chi connectivity index (χ3v) is 3.58. The van der Waals surface area contributed by atoms with Crippen molar-refractivity contribution in [1.29, 1.82) is 0 Å². The molecular weight excluding hydrogens is 271 g/mol. The summed E-state index contributed by atoms with van der Waals surface area (Å²) >= 11 is 0. The number of rotatable bonds is 6. The second-order valence-electron chi connectivity index (χ2n) is 5.29. The number of hydrogen-bond acceptors (Lipinski definition) is 3. The van der Waals surface area contributed by atoms with Crippen molar-refractivity contribution >= 4 is 5.91 Å². The molecule has 0 spiro atoms. The summed E-state index contributed by atoms with van der Waals surface area (Å²) in [6, 6.07) is 6.29. The van der Waals surface area contributed by atoms with Crippen molar-refractivity contribution in [2.75, 3.05) is 32.8 Å². The molecular formula is C16H23FN2O2. The fourth-order valence-corrected chi connectivity index (χ4v) is 2.50. The minimum atomic E-state index is -0.252. The van der Waals surface area contributed by atoms with Crippen molar-refractivity contribution in [3.63, 3.8) is 0 Å². The number of morpholine rings is 1. The SMILES string of the molecule is CCCN(CCc1cccc(F)c1)C(=O)C1COCCN1. The molecule has 0 bridgehead atoms.